The fourth-order valence-electron chi connectivity index (χ4n) is 1.52. The molecule has 2 rings (SSSR count). The molecule has 96 valence electrons. The van der Waals surface area contributed by atoms with Crippen molar-refractivity contribution in [3.63, 3.8) is 0 Å². The van der Waals surface area contributed by atoms with Gasteiger partial charge in [0.1, 0.15) is 11.5 Å². The fraction of sp³-hybridized carbons (Fsp3) is 0. The summed E-state index contributed by atoms with van der Waals surface area (Å²) >= 11 is 0. The summed E-state index contributed by atoms with van der Waals surface area (Å²) in [5.74, 6) is -0.272. The van der Waals surface area contributed by atoms with Crippen molar-refractivity contribution in [1.29, 1.82) is 0 Å². The number of carboxylic acids is 1. The van der Waals surface area contributed by atoms with Crippen LogP contribution in [0.3, 0.4) is 0 Å². The molecule has 0 atom stereocenters. The molecule has 0 saturated heterocycles. The summed E-state index contributed by atoms with van der Waals surface area (Å²) in [5.41, 5.74) is 0.528. The van der Waals surface area contributed by atoms with E-state index in [-0.39, 0.29) is 5.69 Å². The predicted molar refractivity (Wildman–Crippen MR) is 67.5 cm³/mol. The largest absolute Gasteiger partial charge is 0.478 e. The Balaban J connectivity index is 2.30. The number of rotatable bonds is 4. The number of hydrogen-bond acceptors (Lipinski definition) is 4. The lowest BCUT2D eigenvalue weighted by Crippen LogP contribution is -1.87. The van der Waals surface area contributed by atoms with Gasteiger partial charge in [-0.2, -0.15) is 0 Å². The lowest BCUT2D eigenvalue weighted by molar-refractivity contribution is -0.384. The lowest BCUT2D eigenvalue weighted by atomic mass is 10.1. The van der Waals surface area contributed by atoms with E-state index in [2.05, 4.69) is 0 Å². The van der Waals surface area contributed by atoms with Crippen LogP contribution in [0.15, 0.2) is 46.9 Å². The zero-order valence-corrected chi connectivity index (χ0v) is 9.65. The van der Waals surface area contributed by atoms with Crippen molar-refractivity contribution in [2.75, 3.05) is 0 Å². The van der Waals surface area contributed by atoms with Gasteiger partial charge in [0.15, 0.2) is 0 Å². The van der Waals surface area contributed by atoms with Crippen LogP contribution in [-0.2, 0) is 4.79 Å². The first-order chi connectivity index (χ1) is 9.06. The highest BCUT2D eigenvalue weighted by Gasteiger charge is 2.09. The number of benzene rings is 1. The van der Waals surface area contributed by atoms with Crippen LogP contribution in [0.5, 0.6) is 0 Å². The lowest BCUT2D eigenvalue weighted by Gasteiger charge is -1.96. The summed E-state index contributed by atoms with van der Waals surface area (Å²) in [4.78, 5) is 20.5. The molecule has 2 aromatic rings. The van der Waals surface area contributed by atoms with Crippen LogP contribution >= 0.6 is 0 Å². The third kappa shape index (κ3) is 3.06. The van der Waals surface area contributed by atoms with Crippen molar-refractivity contribution in [3.05, 3.63) is 58.3 Å². The summed E-state index contributed by atoms with van der Waals surface area (Å²) in [6, 6.07) is 9.23. The standard InChI is InChI=1S/C13H9NO5/c15-13(16)7-5-11-4-6-12(19-11)9-2-1-3-10(8-9)14(17)18/h1-8H,(H,15,16)/b7-5-. The normalized spacial score (nSPS) is 10.7. The molecule has 1 heterocycles. The Kier molecular flexibility index (Phi) is 3.42. The Labute approximate surface area is 107 Å². The summed E-state index contributed by atoms with van der Waals surface area (Å²) < 4.78 is 5.38. The van der Waals surface area contributed by atoms with E-state index in [0.29, 0.717) is 17.1 Å². The number of carboxylic acid groups (broad SMARTS) is 1. The van der Waals surface area contributed by atoms with Gasteiger partial charge in [0.05, 0.1) is 4.92 Å². The van der Waals surface area contributed by atoms with Crippen LogP contribution < -0.4 is 0 Å². The highest BCUT2D eigenvalue weighted by atomic mass is 16.6. The molecule has 0 aliphatic heterocycles. The third-order valence-corrected chi connectivity index (χ3v) is 2.36. The van der Waals surface area contributed by atoms with E-state index in [4.69, 9.17) is 9.52 Å². The Morgan fingerprint density at radius 3 is 2.79 bits per heavy atom. The highest BCUT2D eigenvalue weighted by Crippen LogP contribution is 2.26. The fourth-order valence-corrected chi connectivity index (χ4v) is 1.52. The molecule has 1 aromatic heterocycles. The molecule has 19 heavy (non-hydrogen) atoms. The predicted octanol–water partition coefficient (Wildman–Crippen LogP) is 2.95. The molecule has 0 saturated carbocycles. The van der Waals surface area contributed by atoms with Gasteiger partial charge >= 0.3 is 5.97 Å². The molecule has 1 N–H and O–H groups in total. The molecular weight excluding hydrogens is 250 g/mol. The molecule has 0 aliphatic rings. The minimum absolute atomic E-state index is 0.0310. The van der Waals surface area contributed by atoms with E-state index in [1.807, 2.05) is 0 Å². The van der Waals surface area contributed by atoms with Crippen LogP contribution in [0.2, 0.25) is 0 Å². The van der Waals surface area contributed by atoms with Gasteiger partial charge in [-0.25, -0.2) is 4.79 Å². The molecule has 0 radical (unpaired) electrons. The summed E-state index contributed by atoms with van der Waals surface area (Å²) in [7, 11) is 0. The SMILES string of the molecule is O=C(O)/C=C\c1ccc(-c2cccc([N+](=O)[O-])c2)o1. The first-order valence-corrected chi connectivity index (χ1v) is 5.32. The second kappa shape index (κ2) is 5.18. The maximum absolute atomic E-state index is 10.7. The number of carbonyl (C=O) groups is 1. The van der Waals surface area contributed by atoms with Crippen molar-refractivity contribution < 1.29 is 19.2 Å². The number of aliphatic carboxylic acids is 1. The Bertz CT molecular complexity index is 657. The van der Waals surface area contributed by atoms with Crippen molar-refractivity contribution in [1.82, 2.24) is 0 Å². The van der Waals surface area contributed by atoms with Crippen molar-refractivity contribution in [2.45, 2.75) is 0 Å². The molecule has 6 nitrogen and oxygen atoms in total. The number of furan rings is 1. The summed E-state index contributed by atoms with van der Waals surface area (Å²) in [5, 5.41) is 19.2. The summed E-state index contributed by atoms with van der Waals surface area (Å²) in [6.07, 6.45) is 2.26. The molecule has 0 spiro atoms. The quantitative estimate of drug-likeness (QED) is 0.517. The minimum atomic E-state index is -1.08. The first-order valence-electron chi connectivity index (χ1n) is 5.32. The highest BCUT2D eigenvalue weighted by molar-refractivity contribution is 5.84. The van der Waals surface area contributed by atoms with Crippen LogP contribution in [0.1, 0.15) is 5.76 Å². The van der Waals surface area contributed by atoms with Crippen molar-refractivity contribution >= 4 is 17.7 Å². The van der Waals surface area contributed by atoms with Crippen LogP contribution in [-0.4, -0.2) is 16.0 Å². The van der Waals surface area contributed by atoms with Crippen LogP contribution in [0.4, 0.5) is 5.69 Å². The zero-order chi connectivity index (χ0) is 13.8. The van der Waals surface area contributed by atoms with Crippen LogP contribution in [0, 0.1) is 10.1 Å². The molecule has 0 fully saturated rings. The van der Waals surface area contributed by atoms with E-state index < -0.39 is 10.9 Å². The minimum Gasteiger partial charge on any atom is -0.478 e. The Morgan fingerprint density at radius 1 is 1.32 bits per heavy atom. The summed E-state index contributed by atoms with van der Waals surface area (Å²) in [6.45, 7) is 0. The van der Waals surface area contributed by atoms with Gasteiger partial charge in [0, 0.05) is 23.8 Å². The average Bonchev–Trinajstić information content (AvgIpc) is 2.85. The van der Waals surface area contributed by atoms with E-state index in [1.165, 1.54) is 18.2 Å². The van der Waals surface area contributed by atoms with Gasteiger partial charge in [-0.3, -0.25) is 10.1 Å². The van der Waals surface area contributed by atoms with E-state index >= 15 is 0 Å². The number of hydrogen-bond donors (Lipinski definition) is 1. The van der Waals surface area contributed by atoms with Gasteiger partial charge in [-0.1, -0.05) is 12.1 Å². The average molecular weight is 259 g/mol. The number of non-ortho nitro benzene ring substituents is 1. The number of nitro benzene ring substituents is 1. The van der Waals surface area contributed by atoms with Gasteiger partial charge in [-0.05, 0) is 18.2 Å². The van der Waals surface area contributed by atoms with Gasteiger partial charge < -0.3 is 9.52 Å². The van der Waals surface area contributed by atoms with E-state index in [9.17, 15) is 14.9 Å². The maximum Gasteiger partial charge on any atom is 0.328 e. The van der Waals surface area contributed by atoms with Crippen molar-refractivity contribution in [3.8, 4) is 11.3 Å². The van der Waals surface area contributed by atoms with Gasteiger partial charge in [0.2, 0.25) is 0 Å². The second-order valence-electron chi connectivity index (χ2n) is 3.68. The number of nitro groups is 1. The molecule has 0 unspecified atom stereocenters. The van der Waals surface area contributed by atoms with Crippen molar-refractivity contribution in [2.24, 2.45) is 0 Å². The maximum atomic E-state index is 10.7. The second-order valence-corrected chi connectivity index (χ2v) is 3.68. The van der Waals surface area contributed by atoms with E-state index in [1.54, 1.807) is 24.3 Å². The third-order valence-electron chi connectivity index (χ3n) is 2.36. The molecule has 0 aliphatic carbocycles. The zero-order valence-electron chi connectivity index (χ0n) is 9.65. The molecule has 0 amide bonds. The smallest absolute Gasteiger partial charge is 0.328 e. The van der Waals surface area contributed by atoms with Gasteiger partial charge in [-0.15, -0.1) is 0 Å². The Hall–Kier alpha value is -2.89. The molecular formula is C13H9NO5. The number of nitrogens with zero attached hydrogens (tertiary/aromatic N) is 1. The topological polar surface area (TPSA) is 93.6 Å². The van der Waals surface area contributed by atoms with Crippen LogP contribution in [0.25, 0.3) is 17.4 Å². The first kappa shape index (κ1) is 12.6. The monoisotopic (exact) mass is 259 g/mol. The molecule has 6 heteroatoms. The van der Waals surface area contributed by atoms with Gasteiger partial charge in [0.25, 0.3) is 5.69 Å². The Morgan fingerprint density at radius 2 is 2.11 bits per heavy atom. The molecule has 1 aromatic carbocycles. The molecule has 0 bridgehead atoms. The van der Waals surface area contributed by atoms with E-state index in [0.717, 1.165) is 6.08 Å².